The lowest BCUT2D eigenvalue weighted by Gasteiger charge is -2.32. The van der Waals surface area contributed by atoms with Gasteiger partial charge in [0.2, 0.25) is 0 Å². The third kappa shape index (κ3) is 3.59. The van der Waals surface area contributed by atoms with Crippen LogP contribution in [0.5, 0.6) is 0 Å². The van der Waals surface area contributed by atoms with Gasteiger partial charge >= 0.3 is 0 Å². The van der Waals surface area contributed by atoms with Gasteiger partial charge in [-0.3, -0.25) is 9.59 Å². The molecular formula is C22H18Cl2F2N2O2. The van der Waals surface area contributed by atoms with Crippen LogP contribution in [0.1, 0.15) is 25.3 Å². The number of likely N-dealkylation sites (tertiary alicyclic amines) is 1. The van der Waals surface area contributed by atoms with Crippen LogP contribution in [0.15, 0.2) is 42.1 Å². The lowest BCUT2D eigenvalue weighted by Crippen LogP contribution is -2.38. The molecule has 2 aromatic rings. The predicted octanol–water partition coefficient (Wildman–Crippen LogP) is 5.29. The molecule has 0 unspecified atom stereocenters. The van der Waals surface area contributed by atoms with Gasteiger partial charge in [-0.25, -0.2) is 13.7 Å². The van der Waals surface area contributed by atoms with Gasteiger partial charge in [-0.15, -0.1) is 0 Å². The Balaban J connectivity index is 1.85. The SMILES string of the molecule is CC1CCN(C2=C(c3ccc(Cl)cc3Cl)C(=O)N(c3ccc(F)c(F)c3)C2=O)CC1. The highest BCUT2D eigenvalue weighted by atomic mass is 35.5. The molecule has 4 rings (SSSR count). The van der Waals surface area contributed by atoms with E-state index in [1.165, 1.54) is 12.1 Å². The van der Waals surface area contributed by atoms with E-state index in [0.717, 1.165) is 29.9 Å². The van der Waals surface area contributed by atoms with Gasteiger partial charge in [-0.2, -0.15) is 0 Å². The maximum absolute atomic E-state index is 13.8. The van der Waals surface area contributed by atoms with Gasteiger partial charge in [-0.1, -0.05) is 36.2 Å². The average Bonchev–Trinajstić information content (AvgIpc) is 2.95. The molecule has 0 aromatic heterocycles. The molecule has 0 radical (unpaired) electrons. The first-order valence-electron chi connectivity index (χ1n) is 9.56. The number of rotatable bonds is 3. The quantitative estimate of drug-likeness (QED) is 0.596. The molecule has 0 saturated carbocycles. The van der Waals surface area contributed by atoms with Crippen molar-refractivity contribution in [2.75, 3.05) is 18.0 Å². The van der Waals surface area contributed by atoms with E-state index in [1.54, 1.807) is 12.1 Å². The first kappa shape index (κ1) is 20.8. The third-order valence-corrected chi connectivity index (χ3v) is 6.07. The summed E-state index contributed by atoms with van der Waals surface area (Å²) in [6.45, 7) is 3.35. The van der Waals surface area contributed by atoms with Crippen molar-refractivity contribution >= 4 is 46.3 Å². The van der Waals surface area contributed by atoms with Crippen molar-refractivity contribution in [2.45, 2.75) is 19.8 Å². The zero-order chi connectivity index (χ0) is 21.6. The van der Waals surface area contributed by atoms with Crippen LogP contribution in [0.25, 0.3) is 5.57 Å². The first-order chi connectivity index (χ1) is 14.3. The summed E-state index contributed by atoms with van der Waals surface area (Å²) in [7, 11) is 0. The molecule has 2 aromatic carbocycles. The molecule has 0 atom stereocenters. The van der Waals surface area contributed by atoms with Crippen LogP contribution >= 0.6 is 23.2 Å². The number of hydrogen-bond donors (Lipinski definition) is 0. The van der Waals surface area contributed by atoms with Crippen molar-refractivity contribution in [1.82, 2.24) is 4.90 Å². The zero-order valence-electron chi connectivity index (χ0n) is 16.1. The summed E-state index contributed by atoms with van der Waals surface area (Å²) < 4.78 is 27.2. The second kappa shape index (κ2) is 8.00. The number of amides is 2. The van der Waals surface area contributed by atoms with Crippen LogP contribution in [0.4, 0.5) is 14.5 Å². The predicted molar refractivity (Wildman–Crippen MR) is 112 cm³/mol. The molecule has 2 amide bonds. The maximum atomic E-state index is 13.8. The molecule has 8 heteroatoms. The Labute approximate surface area is 182 Å². The van der Waals surface area contributed by atoms with Gasteiger partial charge < -0.3 is 4.90 Å². The average molecular weight is 451 g/mol. The van der Waals surface area contributed by atoms with Crippen molar-refractivity contribution in [2.24, 2.45) is 5.92 Å². The molecule has 1 saturated heterocycles. The summed E-state index contributed by atoms with van der Waals surface area (Å²) in [5, 5.41) is 0.626. The number of benzene rings is 2. The number of piperidine rings is 1. The second-order valence-electron chi connectivity index (χ2n) is 7.56. The Hall–Kier alpha value is -2.44. The van der Waals surface area contributed by atoms with Crippen molar-refractivity contribution in [1.29, 1.82) is 0 Å². The highest BCUT2D eigenvalue weighted by Crippen LogP contribution is 2.39. The minimum atomic E-state index is -1.14. The van der Waals surface area contributed by atoms with E-state index < -0.39 is 23.4 Å². The number of carbonyl (C=O) groups is 2. The van der Waals surface area contributed by atoms with Gasteiger partial charge in [0, 0.05) is 29.7 Å². The van der Waals surface area contributed by atoms with Gasteiger partial charge in [0.1, 0.15) is 5.70 Å². The zero-order valence-corrected chi connectivity index (χ0v) is 17.6. The maximum Gasteiger partial charge on any atom is 0.282 e. The molecule has 2 aliphatic heterocycles. The molecule has 2 heterocycles. The minimum Gasteiger partial charge on any atom is -0.366 e. The fraction of sp³-hybridized carbons (Fsp3) is 0.273. The van der Waals surface area contributed by atoms with Crippen LogP contribution in [0.2, 0.25) is 10.0 Å². The topological polar surface area (TPSA) is 40.6 Å². The number of halogens is 4. The number of nitrogens with zero attached hydrogens (tertiary/aromatic N) is 2. The summed E-state index contributed by atoms with van der Waals surface area (Å²) in [6.07, 6.45) is 1.75. The molecule has 0 aliphatic carbocycles. The molecule has 0 bridgehead atoms. The third-order valence-electron chi connectivity index (χ3n) is 5.52. The Morgan fingerprint density at radius 3 is 2.27 bits per heavy atom. The lowest BCUT2D eigenvalue weighted by atomic mass is 9.97. The molecule has 0 spiro atoms. The second-order valence-corrected chi connectivity index (χ2v) is 8.41. The number of anilines is 1. The number of hydrogen-bond acceptors (Lipinski definition) is 3. The van der Waals surface area contributed by atoms with Gasteiger partial charge in [0.05, 0.1) is 16.3 Å². The lowest BCUT2D eigenvalue weighted by molar-refractivity contribution is -0.120. The van der Waals surface area contributed by atoms with Crippen molar-refractivity contribution in [3.8, 4) is 0 Å². The van der Waals surface area contributed by atoms with Crippen LogP contribution in [0, 0.1) is 17.6 Å². The van der Waals surface area contributed by atoms with Crippen LogP contribution in [-0.4, -0.2) is 29.8 Å². The van der Waals surface area contributed by atoms with Crippen LogP contribution in [-0.2, 0) is 9.59 Å². The fourth-order valence-corrected chi connectivity index (χ4v) is 4.34. The Bertz CT molecular complexity index is 1080. The fourth-order valence-electron chi connectivity index (χ4n) is 3.84. The van der Waals surface area contributed by atoms with Crippen molar-refractivity contribution < 1.29 is 18.4 Å². The Morgan fingerprint density at radius 2 is 1.63 bits per heavy atom. The highest BCUT2D eigenvalue weighted by molar-refractivity contribution is 6.47. The minimum absolute atomic E-state index is 0.0353. The van der Waals surface area contributed by atoms with E-state index in [4.69, 9.17) is 23.2 Å². The molecule has 0 N–H and O–H groups in total. The van der Waals surface area contributed by atoms with Gasteiger partial charge in [0.25, 0.3) is 11.8 Å². The van der Waals surface area contributed by atoms with Crippen LogP contribution < -0.4 is 4.90 Å². The molecule has 30 heavy (non-hydrogen) atoms. The van der Waals surface area contributed by atoms with E-state index in [-0.39, 0.29) is 22.0 Å². The van der Waals surface area contributed by atoms with Crippen LogP contribution in [0.3, 0.4) is 0 Å². The first-order valence-corrected chi connectivity index (χ1v) is 10.3. The summed E-state index contributed by atoms with van der Waals surface area (Å²) in [5.74, 6) is -2.90. The largest absolute Gasteiger partial charge is 0.366 e. The van der Waals surface area contributed by atoms with E-state index in [2.05, 4.69) is 6.92 Å². The van der Waals surface area contributed by atoms with E-state index in [1.807, 2.05) is 4.90 Å². The number of imide groups is 1. The van der Waals surface area contributed by atoms with E-state index in [9.17, 15) is 18.4 Å². The number of carbonyl (C=O) groups excluding carboxylic acids is 2. The summed E-state index contributed by atoms with van der Waals surface area (Å²) in [6, 6.07) is 7.61. The standard InChI is InChI=1S/C22H18Cl2F2N2O2/c1-12-6-8-27(9-7-12)20-19(15-4-2-13(23)10-16(15)24)21(29)28(22(20)30)14-3-5-17(25)18(26)11-14/h2-5,10-12H,6-9H2,1H3. The molecular weight excluding hydrogens is 433 g/mol. The summed E-state index contributed by atoms with van der Waals surface area (Å²) >= 11 is 12.4. The molecule has 2 aliphatic rings. The molecule has 156 valence electrons. The van der Waals surface area contributed by atoms with Gasteiger partial charge in [-0.05, 0) is 43.0 Å². The highest BCUT2D eigenvalue weighted by Gasteiger charge is 2.43. The normalized spacial score (nSPS) is 18.0. The van der Waals surface area contributed by atoms with E-state index >= 15 is 0 Å². The summed E-state index contributed by atoms with van der Waals surface area (Å²) in [5.41, 5.74) is 0.701. The van der Waals surface area contributed by atoms with Crippen molar-refractivity contribution in [3.05, 3.63) is 69.3 Å². The smallest absolute Gasteiger partial charge is 0.282 e. The Morgan fingerprint density at radius 1 is 0.933 bits per heavy atom. The molecule has 1 fully saturated rings. The van der Waals surface area contributed by atoms with Gasteiger partial charge in [0.15, 0.2) is 11.6 Å². The van der Waals surface area contributed by atoms with E-state index in [0.29, 0.717) is 29.6 Å². The Kier molecular flexibility index (Phi) is 5.55. The summed E-state index contributed by atoms with van der Waals surface area (Å²) in [4.78, 5) is 29.5. The molecule has 4 nitrogen and oxygen atoms in total. The van der Waals surface area contributed by atoms with Crippen molar-refractivity contribution in [3.63, 3.8) is 0 Å². The monoisotopic (exact) mass is 450 g/mol.